The molecule has 0 aromatic heterocycles. The molecule has 0 saturated heterocycles. The van der Waals surface area contributed by atoms with E-state index in [9.17, 15) is 5.11 Å². The van der Waals surface area contributed by atoms with Crippen molar-refractivity contribution in [1.82, 2.24) is 4.90 Å². The molecule has 0 heterocycles. The average molecular weight is 758 g/mol. The number of ether oxygens (including phenoxy) is 1. The number of hydrogen-bond acceptors (Lipinski definition) is 3. The van der Waals surface area contributed by atoms with Crippen molar-refractivity contribution in [1.29, 1.82) is 0 Å². The van der Waals surface area contributed by atoms with Gasteiger partial charge in [0.15, 0.2) is 0 Å². The minimum Gasteiger partial charge on any atom is -0.493 e. The highest BCUT2D eigenvalue weighted by molar-refractivity contribution is 5.41. The maximum atomic E-state index is 9.51. The van der Waals surface area contributed by atoms with Crippen LogP contribution in [-0.2, 0) is 18.3 Å². The van der Waals surface area contributed by atoms with E-state index < -0.39 is 0 Å². The Morgan fingerprint density at radius 1 is 0.764 bits per heavy atom. The molecule has 1 N–H and O–H groups in total. The van der Waals surface area contributed by atoms with E-state index in [0.29, 0.717) is 17.8 Å². The van der Waals surface area contributed by atoms with Crippen LogP contribution in [0.25, 0.3) is 0 Å². The van der Waals surface area contributed by atoms with Crippen LogP contribution < -0.4 is 4.74 Å². The third-order valence-electron chi connectivity index (χ3n) is 12.9. The predicted octanol–water partition coefficient (Wildman–Crippen LogP) is 14.1. The lowest BCUT2D eigenvalue weighted by Crippen LogP contribution is -2.33. The maximum Gasteiger partial charge on any atom is 0.122 e. The second-order valence-corrected chi connectivity index (χ2v) is 18.5. The fourth-order valence-electron chi connectivity index (χ4n) is 8.47. The lowest BCUT2D eigenvalue weighted by Gasteiger charge is -2.35. The van der Waals surface area contributed by atoms with Crippen LogP contribution >= 0.6 is 0 Å². The van der Waals surface area contributed by atoms with E-state index >= 15 is 0 Å². The van der Waals surface area contributed by atoms with Crippen molar-refractivity contribution in [2.24, 2.45) is 35.0 Å². The molecule has 0 bridgehead atoms. The molecule has 0 aliphatic rings. The topological polar surface area (TPSA) is 32.7 Å². The summed E-state index contributed by atoms with van der Waals surface area (Å²) in [5, 5.41) is 9.51. The predicted molar refractivity (Wildman–Crippen MR) is 242 cm³/mol. The van der Waals surface area contributed by atoms with Gasteiger partial charge in [0.05, 0.1) is 13.2 Å². The van der Waals surface area contributed by atoms with Crippen molar-refractivity contribution in [2.45, 2.75) is 166 Å². The van der Waals surface area contributed by atoms with E-state index in [0.717, 1.165) is 75.9 Å². The average Bonchev–Trinajstić information content (AvgIpc) is 3.16. The van der Waals surface area contributed by atoms with Gasteiger partial charge in [0.25, 0.3) is 0 Å². The van der Waals surface area contributed by atoms with Crippen molar-refractivity contribution in [3.8, 4) is 5.75 Å². The van der Waals surface area contributed by atoms with Gasteiger partial charge >= 0.3 is 0 Å². The number of para-hydroxylation sites is 1. The van der Waals surface area contributed by atoms with Crippen molar-refractivity contribution in [3.63, 3.8) is 0 Å². The van der Waals surface area contributed by atoms with Gasteiger partial charge in [0, 0.05) is 18.5 Å². The number of rotatable bonds is 29. The molecule has 2 aromatic rings. The zero-order valence-electron chi connectivity index (χ0n) is 38.1. The molecule has 0 spiro atoms. The quantitative estimate of drug-likeness (QED) is 0.0839. The second kappa shape index (κ2) is 25.8. The molecule has 6 atom stereocenters. The fourth-order valence-corrected chi connectivity index (χ4v) is 8.47. The first-order valence-corrected chi connectivity index (χ1v) is 22.7. The monoisotopic (exact) mass is 758 g/mol. The number of aliphatic hydroxyl groups is 1. The molecule has 0 aliphatic carbocycles. The summed E-state index contributed by atoms with van der Waals surface area (Å²) in [6.07, 6.45) is 21.6. The number of nitrogens with zero attached hydrogens (tertiary/aromatic N) is 1. The van der Waals surface area contributed by atoms with Crippen LogP contribution in [0.1, 0.15) is 164 Å². The highest BCUT2D eigenvalue weighted by Gasteiger charge is 2.29. The summed E-state index contributed by atoms with van der Waals surface area (Å²) in [7, 11) is 0. The lowest BCUT2D eigenvalue weighted by molar-refractivity contribution is 0.155. The van der Waals surface area contributed by atoms with Crippen molar-refractivity contribution >= 4 is 0 Å². The van der Waals surface area contributed by atoms with Gasteiger partial charge in [-0.1, -0.05) is 163 Å². The first kappa shape index (κ1) is 48.8. The van der Waals surface area contributed by atoms with Gasteiger partial charge in [0.1, 0.15) is 5.75 Å². The summed E-state index contributed by atoms with van der Waals surface area (Å²) >= 11 is 0. The molecular formula is C52H87NO2. The Balaban J connectivity index is 1.97. The molecular weight excluding hydrogens is 671 g/mol. The summed E-state index contributed by atoms with van der Waals surface area (Å²) in [6.45, 7) is 32.3. The second-order valence-electron chi connectivity index (χ2n) is 18.5. The molecule has 0 aliphatic heterocycles. The Hall–Kier alpha value is -2.36. The normalized spacial score (nSPS) is 16.6. The number of allylic oxidation sites excluding steroid dienone is 4. The number of aliphatic hydroxyl groups excluding tert-OH is 1. The number of hydrogen-bond donors (Lipinski definition) is 1. The number of aryl methyl sites for hydroxylation is 2. The van der Waals surface area contributed by atoms with Crippen LogP contribution in [-0.4, -0.2) is 42.9 Å². The SMILES string of the molecule is CC/C=C(\C=C/C(C)C(C)(CC)CCC(C)CN(CCC)CCO)C(C)(C)c1ccc(CCC(C)COc2ccccc2CCC(C)CC(C)CCC)cc1. The molecule has 312 valence electrons. The van der Waals surface area contributed by atoms with E-state index in [1.807, 2.05) is 0 Å². The van der Waals surface area contributed by atoms with Gasteiger partial charge in [-0.25, -0.2) is 0 Å². The minimum absolute atomic E-state index is 0.0720. The Kier molecular flexibility index (Phi) is 22.9. The lowest BCUT2D eigenvalue weighted by atomic mass is 9.70. The van der Waals surface area contributed by atoms with Crippen LogP contribution in [0.2, 0.25) is 0 Å². The highest BCUT2D eigenvalue weighted by atomic mass is 16.5. The molecule has 0 radical (unpaired) electrons. The van der Waals surface area contributed by atoms with Crippen molar-refractivity contribution < 1.29 is 9.84 Å². The molecule has 0 amide bonds. The van der Waals surface area contributed by atoms with Crippen molar-refractivity contribution in [3.05, 3.63) is 89.0 Å². The van der Waals surface area contributed by atoms with Crippen LogP contribution in [0.4, 0.5) is 0 Å². The van der Waals surface area contributed by atoms with Crippen LogP contribution in [0, 0.1) is 35.0 Å². The van der Waals surface area contributed by atoms with Crippen LogP contribution in [0.15, 0.2) is 72.3 Å². The maximum absolute atomic E-state index is 9.51. The first-order chi connectivity index (χ1) is 26.2. The van der Waals surface area contributed by atoms with Gasteiger partial charge in [-0.3, -0.25) is 0 Å². The molecule has 0 saturated carbocycles. The van der Waals surface area contributed by atoms with Gasteiger partial charge < -0.3 is 14.7 Å². The molecule has 2 aromatic carbocycles. The van der Waals surface area contributed by atoms with Gasteiger partial charge in [-0.2, -0.15) is 0 Å². The molecule has 6 unspecified atom stereocenters. The van der Waals surface area contributed by atoms with Gasteiger partial charge in [-0.15, -0.1) is 0 Å². The number of benzene rings is 2. The zero-order chi connectivity index (χ0) is 40.9. The molecule has 3 heteroatoms. The van der Waals surface area contributed by atoms with Crippen molar-refractivity contribution in [2.75, 3.05) is 32.8 Å². The van der Waals surface area contributed by atoms with Crippen LogP contribution in [0.3, 0.4) is 0 Å². The summed E-state index contributed by atoms with van der Waals surface area (Å²) in [5.41, 5.74) is 5.74. The Morgan fingerprint density at radius 2 is 1.44 bits per heavy atom. The minimum atomic E-state index is -0.0720. The molecule has 55 heavy (non-hydrogen) atoms. The summed E-state index contributed by atoms with van der Waals surface area (Å²) < 4.78 is 6.45. The van der Waals surface area contributed by atoms with E-state index in [-0.39, 0.29) is 17.4 Å². The smallest absolute Gasteiger partial charge is 0.122 e. The zero-order valence-corrected chi connectivity index (χ0v) is 38.1. The molecule has 3 nitrogen and oxygen atoms in total. The van der Waals surface area contributed by atoms with Gasteiger partial charge in [-0.05, 0) is 128 Å². The third-order valence-corrected chi connectivity index (χ3v) is 12.9. The first-order valence-electron chi connectivity index (χ1n) is 22.7. The highest BCUT2D eigenvalue weighted by Crippen LogP contribution is 2.40. The Bertz CT molecular complexity index is 1350. The Labute approximate surface area is 341 Å². The standard InChI is InChI=1S/C52H87NO2/c1-13-19-41(5)38-42(6)24-29-47-21-17-18-22-50(47)55-40-44(8)23-26-46-27-31-49(32-28-46)51(10,11)48(20-14-2)30-25-45(9)52(12,16-4)34-33-43(7)39-53(35-15-3)36-37-54/h17-18,20-22,25,27-28,30-32,41-45,54H,13-16,19,23-24,26,29,33-40H2,1-12H3/b30-25-,48-20+. The van der Waals surface area contributed by atoms with Crippen LogP contribution in [0.5, 0.6) is 5.75 Å². The molecule has 2 rings (SSSR count). The van der Waals surface area contributed by atoms with E-state index in [1.54, 1.807) is 0 Å². The summed E-state index contributed by atoms with van der Waals surface area (Å²) in [5.74, 6) is 4.25. The molecule has 0 fully saturated rings. The van der Waals surface area contributed by atoms with Gasteiger partial charge in [0.2, 0.25) is 0 Å². The summed E-state index contributed by atoms with van der Waals surface area (Å²) in [6, 6.07) is 18.2. The summed E-state index contributed by atoms with van der Waals surface area (Å²) in [4.78, 5) is 2.43. The van der Waals surface area contributed by atoms with E-state index in [2.05, 4.69) is 155 Å². The Morgan fingerprint density at radius 3 is 2.07 bits per heavy atom. The fraction of sp³-hybridized carbons (Fsp3) is 0.692. The van der Waals surface area contributed by atoms with E-state index in [4.69, 9.17) is 4.74 Å². The van der Waals surface area contributed by atoms with E-state index in [1.165, 1.54) is 67.2 Å². The third kappa shape index (κ3) is 17.3. The largest absolute Gasteiger partial charge is 0.493 e.